The van der Waals surface area contributed by atoms with Crippen molar-refractivity contribution in [3.8, 4) is 12.1 Å². The summed E-state index contributed by atoms with van der Waals surface area (Å²) in [6, 6.07) is 9.71. The maximum absolute atomic E-state index is 12.2. The molecule has 112 valence electrons. The fourth-order valence-electron chi connectivity index (χ4n) is 3.05. The Morgan fingerprint density at radius 2 is 1.82 bits per heavy atom. The fraction of sp³-hybridized carbons (Fsp3) is 0.438. The standard InChI is InChI=1S/C16H15N3O3/c17-9-12(10-18)16(14-3-1-2-4-15(14)20)11-5-7-13(8-6-11)19(21)22/h5-8,12,14,16H,1-4H2. The molecule has 1 aromatic carbocycles. The molecule has 0 heterocycles. The molecule has 2 atom stereocenters. The van der Waals surface area contributed by atoms with Gasteiger partial charge in [-0.3, -0.25) is 14.9 Å². The molecule has 6 nitrogen and oxygen atoms in total. The second-order valence-electron chi connectivity index (χ2n) is 5.43. The Morgan fingerprint density at radius 3 is 2.32 bits per heavy atom. The maximum atomic E-state index is 12.2. The third-order valence-electron chi connectivity index (χ3n) is 4.16. The van der Waals surface area contributed by atoms with E-state index in [1.165, 1.54) is 12.1 Å². The molecule has 6 heteroatoms. The molecule has 0 N–H and O–H groups in total. The SMILES string of the molecule is N#CC(C#N)C(c1ccc([N+](=O)[O-])cc1)C1CCCCC1=O. The summed E-state index contributed by atoms with van der Waals surface area (Å²) in [5, 5.41) is 29.2. The van der Waals surface area contributed by atoms with E-state index >= 15 is 0 Å². The van der Waals surface area contributed by atoms with Crippen LogP contribution in [0.25, 0.3) is 0 Å². The van der Waals surface area contributed by atoms with Crippen molar-refractivity contribution in [1.29, 1.82) is 10.5 Å². The van der Waals surface area contributed by atoms with Crippen LogP contribution in [0.1, 0.15) is 37.2 Å². The van der Waals surface area contributed by atoms with Gasteiger partial charge in [0.15, 0.2) is 0 Å². The van der Waals surface area contributed by atoms with Gasteiger partial charge in [0.05, 0.1) is 17.1 Å². The third-order valence-corrected chi connectivity index (χ3v) is 4.16. The minimum Gasteiger partial charge on any atom is -0.299 e. The summed E-state index contributed by atoms with van der Waals surface area (Å²) in [6.45, 7) is 0. The van der Waals surface area contributed by atoms with Gasteiger partial charge in [0.25, 0.3) is 5.69 Å². The molecule has 2 unspecified atom stereocenters. The van der Waals surface area contributed by atoms with Crippen molar-refractivity contribution in [2.24, 2.45) is 11.8 Å². The Balaban J connectivity index is 2.40. The summed E-state index contributed by atoms with van der Waals surface area (Å²) < 4.78 is 0. The normalized spacial score (nSPS) is 19.2. The molecule has 0 saturated heterocycles. The first kappa shape index (κ1) is 15.7. The van der Waals surface area contributed by atoms with Crippen LogP contribution in [-0.4, -0.2) is 10.7 Å². The number of rotatable bonds is 4. The molecule has 1 saturated carbocycles. The van der Waals surface area contributed by atoms with E-state index in [2.05, 4.69) is 0 Å². The van der Waals surface area contributed by atoms with Gasteiger partial charge in [0, 0.05) is 30.4 Å². The molecule has 2 rings (SSSR count). The number of ketones is 1. The van der Waals surface area contributed by atoms with Gasteiger partial charge >= 0.3 is 0 Å². The predicted molar refractivity (Wildman–Crippen MR) is 77.5 cm³/mol. The lowest BCUT2D eigenvalue weighted by Gasteiger charge is -2.30. The molecule has 1 aliphatic rings. The maximum Gasteiger partial charge on any atom is 0.269 e. The Morgan fingerprint density at radius 1 is 1.18 bits per heavy atom. The zero-order chi connectivity index (χ0) is 16.1. The molecular formula is C16H15N3O3. The number of hydrogen-bond donors (Lipinski definition) is 0. The van der Waals surface area contributed by atoms with Crippen LogP contribution in [0.2, 0.25) is 0 Å². The number of carbonyl (C=O) groups excluding carboxylic acids is 1. The molecule has 22 heavy (non-hydrogen) atoms. The Bertz CT molecular complexity index is 641. The number of non-ortho nitro benzene ring substituents is 1. The number of nitro groups is 1. The average Bonchev–Trinajstić information content (AvgIpc) is 2.53. The van der Waals surface area contributed by atoms with Crippen molar-refractivity contribution in [2.45, 2.75) is 31.6 Å². The molecular weight excluding hydrogens is 282 g/mol. The van der Waals surface area contributed by atoms with E-state index in [1.807, 2.05) is 12.1 Å². The molecule has 0 spiro atoms. The van der Waals surface area contributed by atoms with Crippen molar-refractivity contribution < 1.29 is 9.72 Å². The zero-order valence-corrected chi connectivity index (χ0v) is 11.9. The van der Waals surface area contributed by atoms with E-state index in [0.29, 0.717) is 18.4 Å². The number of carbonyl (C=O) groups is 1. The highest BCUT2D eigenvalue weighted by Crippen LogP contribution is 2.39. The smallest absolute Gasteiger partial charge is 0.269 e. The molecule has 1 fully saturated rings. The second-order valence-corrected chi connectivity index (χ2v) is 5.43. The highest BCUT2D eigenvalue weighted by atomic mass is 16.6. The van der Waals surface area contributed by atoms with Gasteiger partial charge in [-0.2, -0.15) is 10.5 Å². The summed E-state index contributed by atoms with van der Waals surface area (Å²) >= 11 is 0. The predicted octanol–water partition coefficient (Wildman–Crippen LogP) is 3.10. The monoisotopic (exact) mass is 297 g/mol. The lowest BCUT2D eigenvalue weighted by atomic mass is 9.71. The van der Waals surface area contributed by atoms with Crippen LogP contribution in [0.3, 0.4) is 0 Å². The quantitative estimate of drug-likeness (QED) is 0.626. The molecule has 0 bridgehead atoms. The Hall–Kier alpha value is -2.73. The van der Waals surface area contributed by atoms with E-state index < -0.39 is 16.8 Å². The van der Waals surface area contributed by atoms with E-state index in [1.54, 1.807) is 12.1 Å². The summed E-state index contributed by atoms with van der Waals surface area (Å²) in [5.41, 5.74) is 0.585. The number of hydrogen-bond acceptors (Lipinski definition) is 5. The Labute approximate surface area is 128 Å². The molecule has 0 amide bonds. The van der Waals surface area contributed by atoms with Crippen molar-refractivity contribution in [3.63, 3.8) is 0 Å². The molecule has 0 aliphatic heterocycles. The van der Waals surface area contributed by atoms with Crippen LogP contribution >= 0.6 is 0 Å². The lowest BCUT2D eigenvalue weighted by molar-refractivity contribution is -0.384. The van der Waals surface area contributed by atoms with Gasteiger partial charge in [-0.15, -0.1) is 0 Å². The zero-order valence-electron chi connectivity index (χ0n) is 11.9. The van der Waals surface area contributed by atoms with E-state index in [4.69, 9.17) is 0 Å². The lowest BCUT2D eigenvalue weighted by Crippen LogP contribution is -2.29. The van der Waals surface area contributed by atoms with Gasteiger partial charge in [0.1, 0.15) is 11.7 Å². The minimum atomic E-state index is -0.937. The van der Waals surface area contributed by atoms with Gasteiger partial charge in [-0.25, -0.2) is 0 Å². The van der Waals surface area contributed by atoms with Crippen LogP contribution in [0, 0.1) is 44.6 Å². The van der Waals surface area contributed by atoms with Gasteiger partial charge in [-0.05, 0) is 18.4 Å². The first-order valence-electron chi connectivity index (χ1n) is 7.14. The van der Waals surface area contributed by atoms with Crippen LogP contribution in [0.4, 0.5) is 5.69 Å². The second kappa shape index (κ2) is 6.82. The van der Waals surface area contributed by atoms with Crippen molar-refractivity contribution in [3.05, 3.63) is 39.9 Å². The number of benzene rings is 1. The molecule has 1 aliphatic carbocycles. The highest BCUT2D eigenvalue weighted by molar-refractivity contribution is 5.82. The number of Topliss-reactive ketones (excluding diaryl/α,β-unsaturated/α-hetero) is 1. The van der Waals surface area contributed by atoms with E-state index in [9.17, 15) is 25.4 Å². The summed E-state index contributed by atoms with van der Waals surface area (Å²) in [5.74, 6) is -1.75. The third kappa shape index (κ3) is 3.12. The van der Waals surface area contributed by atoms with E-state index in [0.717, 1.165) is 12.8 Å². The van der Waals surface area contributed by atoms with Crippen molar-refractivity contribution in [1.82, 2.24) is 0 Å². The number of nitriles is 2. The van der Waals surface area contributed by atoms with Crippen LogP contribution in [0.15, 0.2) is 24.3 Å². The largest absolute Gasteiger partial charge is 0.299 e. The fourth-order valence-corrected chi connectivity index (χ4v) is 3.05. The van der Waals surface area contributed by atoms with Crippen LogP contribution in [-0.2, 0) is 4.79 Å². The molecule has 0 aromatic heterocycles. The molecule has 1 aromatic rings. The van der Waals surface area contributed by atoms with Crippen LogP contribution in [0.5, 0.6) is 0 Å². The molecule has 0 radical (unpaired) electrons. The van der Waals surface area contributed by atoms with Crippen molar-refractivity contribution >= 4 is 11.5 Å². The van der Waals surface area contributed by atoms with Gasteiger partial charge in [-0.1, -0.05) is 18.6 Å². The van der Waals surface area contributed by atoms with Crippen molar-refractivity contribution in [2.75, 3.05) is 0 Å². The van der Waals surface area contributed by atoms with E-state index in [-0.39, 0.29) is 17.4 Å². The number of nitro benzene ring substituents is 1. The van der Waals surface area contributed by atoms with Gasteiger partial charge in [0.2, 0.25) is 0 Å². The summed E-state index contributed by atoms with van der Waals surface area (Å²) in [6.07, 6.45) is 2.85. The first-order chi connectivity index (χ1) is 10.6. The average molecular weight is 297 g/mol. The highest BCUT2D eigenvalue weighted by Gasteiger charge is 2.36. The van der Waals surface area contributed by atoms with Gasteiger partial charge < -0.3 is 0 Å². The minimum absolute atomic E-state index is 0.0528. The number of nitrogens with zero attached hydrogens (tertiary/aromatic N) is 3. The summed E-state index contributed by atoms with van der Waals surface area (Å²) in [7, 11) is 0. The van der Waals surface area contributed by atoms with Crippen LogP contribution < -0.4 is 0 Å². The summed E-state index contributed by atoms with van der Waals surface area (Å²) in [4.78, 5) is 22.4. The topological polar surface area (TPSA) is 108 Å². The first-order valence-corrected chi connectivity index (χ1v) is 7.14. The Kier molecular flexibility index (Phi) is 4.85.